The molecular formula is C15H18N4O. The minimum atomic E-state index is 0.0954. The van der Waals surface area contributed by atoms with Gasteiger partial charge in [0.25, 0.3) is 0 Å². The third-order valence-corrected chi connectivity index (χ3v) is 3.50. The highest BCUT2D eigenvalue weighted by Gasteiger charge is 2.25. The molecule has 0 bridgehead atoms. The Balaban J connectivity index is 1.92. The maximum atomic E-state index is 5.97. The van der Waals surface area contributed by atoms with E-state index >= 15 is 0 Å². The number of anilines is 2. The fourth-order valence-corrected chi connectivity index (χ4v) is 2.54. The third kappa shape index (κ3) is 2.15. The molecule has 1 atom stereocenters. The largest absolute Gasteiger partial charge is 0.491 e. The van der Waals surface area contributed by atoms with Crippen LogP contribution in [0.25, 0.3) is 0 Å². The van der Waals surface area contributed by atoms with Crippen LogP contribution in [0.5, 0.6) is 5.75 Å². The summed E-state index contributed by atoms with van der Waals surface area (Å²) in [5.74, 6) is 2.51. The van der Waals surface area contributed by atoms with E-state index in [9.17, 15) is 0 Å². The molecular weight excluding hydrogens is 252 g/mol. The summed E-state index contributed by atoms with van der Waals surface area (Å²) in [5.41, 5.74) is 8.08. The van der Waals surface area contributed by atoms with Crippen LogP contribution in [0.15, 0.2) is 30.6 Å². The standard InChI is InChI=1S/C15H18N4O/c1-9(2)13-14(16)17-8-18-15(13)19-11-7-20-12-6-4-3-5-10(11)12/h3-6,8-9,11H,7H2,1-2H3,(H3,16,17,18,19). The van der Waals surface area contributed by atoms with Crippen LogP contribution in [0.2, 0.25) is 0 Å². The van der Waals surface area contributed by atoms with Crippen molar-refractivity contribution in [3.63, 3.8) is 0 Å². The number of fused-ring (bicyclic) bond motifs is 1. The lowest BCUT2D eigenvalue weighted by atomic mass is 10.0. The van der Waals surface area contributed by atoms with E-state index in [0.717, 1.165) is 22.7 Å². The molecule has 0 spiro atoms. The molecule has 3 N–H and O–H groups in total. The highest BCUT2D eigenvalue weighted by atomic mass is 16.5. The van der Waals surface area contributed by atoms with Gasteiger partial charge in [-0.25, -0.2) is 9.97 Å². The minimum absolute atomic E-state index is 0.0954. The molecule has 1 aromatic heterocycles. The number of benzene rings is 1. The summed E-state index contributed by atoms with van der Waals surface area (Å²) >= 11 is 0. The molecule has 0 amide bonds. The van der Waals surface area contributed by atoms with Gasteiger partial charge in [0, 0.05) is 11.1 Å². The first-order valence-electron chi connectivity index (χ1n) is 6.75. The van der Waals surface area contributed by atoms with Gasteiger partial charge in [-0.2, -0.15) is 0 Å². The number of nitrogens with one attached hydrogen (secondary N) is 1. The molecule has 104 valence electrons. The number of nitrogens with two attached hydrogens (primary N) is 1. The van der Waals surface area contributed by atoms with Gasteiger partial charge in [0.2, 0.25) is 0 Å². The number of para-hydroxylation sites is 1. The number of aromatic nitrogens is 2. The lowest BCUT2D eigenvalue weighted by molar-refractivity contribution is 0.339. The summed E-state index contributed by atoms with van der Waals surface area (Å²) in [5, 5.41) is 3.43. The SMILES string of the molecule is CC(C)c1c(N)ncnc1NC1COc2ccccc21. The maximum Gasteiger partial charge on any atom is 0.135 e. The van der Waals surface area contributed by atoms with Gasteiger partial charge in [-0.1, -0.05) is 32.0 Å². The summed E-state index contributed by atoms with van der Waals surface area (Å²) in [6.07, 6.45) is 1.49. The molecule has 0 radical (unpaired) electrons. The first kappa shape index (κ1) is 12.7. The Bertz CT molecular complexity index is 627. The Labute approximate surface area is 118 Å². The number of ether oxygens (including phenoxy) is 1. The summed E-state index contributed by atoms with van der Waals surface area (Å²) in [7, 11) is 0. The average molecular weight is 270 g/mol. The van der Waals surface area contributed by atoms with Gasteiger partial charge >= 0.3 is 0 Å². The van der Waals surface area contributed by atoms with E-state index in [2.05, 4.69) is 35.2 Å². The Morgan fingerprint density at radius 1 is 1.30 bits per heavy atom. The van der Waals surface area contributed by atoms with Crippen LogP contribution in [0.1, 0.15) is 36.9 Å². The molecule has 5 nitrogen and oxygen atoms in total. The van der Waals surface area contributed by atoms with Crippen molar-refractivity contribution in [1.82, 2.24) is 9.97 Å². The molecule has 0 aliphatic carbocycles. The van der Waals surface area contributed by atoms with Crippen molar-refractivity contribution >= 4 is 11.6 Å². The number of nitrogens with zero attached hydrogens (tertiary/aromatic N) is 2. The van der Waals surface area contributed by atoms with Crippen LogP contribution in [0.3, 0.4) is 0 Å². The first-order chi connectivity index (χ1) is 9.66. The number of rotatable bonds is 3. The average Bonchev–Trinajstić information content (AvgIpc) is 2.82. The van der Waals surface area contributed by atoms with E-state index < -0.39 is 0 Å². The van der Waals surface area contributed by atoms with E-state index in [4.69, 9.17) is 10.5 Å². The quantitative estimate of drug-likeness (QED) is 0.897. The van der Waals surface area contributed by atoms with Crippen molar-refractivity contribution in [3.05, 3.63) is 41.7 Å². The minimum Gasteiger partial charge on any atom is -0.491 e. The normalized spacial score (nSPS) is 16.9. The highest BCUT2D eigenvalue weighted by Crippen LogP contribution is 2.35. The molecule has 0 fully saturated rings. The maximum absolute atomic E-state index is 5.97. The van der Waals surface area contributed by atoms with Gasteiger partial charge in [-0.3, -0.25) is 0 Å². The van der Waals surface area contributed by atoms with Gasteiger partial charge in [-0.05, 0) is 12.0 Å². The van der Waals surface area contributed by atoms with Gasteiger partial charge in [-0.15, -0.1) is 0 Å². The zero-order valence-corrected chi connectivity index (χ0v) is 11.6. The fraction of sp³-hybridized carbons (Fsp3) is 0.333. The molecule has 3 rings (SSSR count). The molecule has 0 saturated heterocycles. The molecule has 2 aromatic rings. The van der Waals surface area contributed by atoms with Crippen LogP contribution >= 0.6 is 0 Å². The van der Waals surface area contributed by atoms with Crippen molar-refractivity contribution in [2.45, 2.75) is 25.8 Å². The van der Waals surface area contributed by atoms with E-state index in [0.29, 0.717) is 12.4 Å². The van der Waals surface area contributed by atoms with E-state index in [1.165, 1.54) is 6.33 Å². The zero-order valence-electron chi connectivity index (χ0n) is 11.6. The fourth-order valence-electron chi connectivity index (χ4n) is 2.54. The number of nitrogen functional groups attached to an aromatic ring is 1. The Morgan fingerprint density at radius 2 is 2.10 bits per heavy atom. The molecule has 0 saturated carbocycles. The van der Waals surface area contributed by atoms with Gasteiger partial charge in [0.15, 0.2) is 0 Å². The number of hydrogen-bond acceptors (Lipinski definition) is 5. The number of hydrogen-bond donors (Lipinski definition) is 2. The Kier molecular flexibility index (Phi) is 3.18. The van der Waals surface area contributed by atoms with Gasteiger partial charge in [0.05, 0.1) is 6.04 Å². The molecule has 5 heteroatoms. The van der Waals surface area contributed by atoms with E-state index in [1.54, 1.807) is 0 Å². The molecule has 20 heavy (non-hydrogen) atoms. The van der Waals surface area contributed by atoms with Gasteiger partial charge in [0.1, 0.15) is 30.3 Å². The Hall–Kier alpha value is -2.30. The summed E-state index contributed by atoms with van der Waals surface area (Å²) in [6, 6.07) is 8.13. The molecule has 1 aliphatic heterocycles. The van der Waals surface area contributed by atoms with Crippen molar-refractivity contribution in [3.8, 4) is 5.75 Å². The second kappa shape index (κ2) is 5.00. The summed E-state index contributed by atoms with van der Waals surface area (Å²) < 4.78 is 5.68. The predicted molar refractivity (Wildman–Crippen MR) is 78.8 cm³/mol. The van der Waals surface area contributed by atoms with E-state index in [-0.39, 0.29) is 12.0 Å². The van der Waals surface area contributed by atoms with Crippen LogP contribution in [-0.2, 0) is 0 Å². The molecule has 1 aliphatic rings. The molecule has 1 unspecified atom stereocenters. The van der Waals surface area contributed by atoms with Crippen molar-refractivity contribution in [1.29, 1.82) is 0 Å². The lowest BCUT2D eigenvalue weighted by Gasteiger charge is -2.18. The van der Waals surface area contributed by atoms with Crippen molar-refractivity contribution in [2.75, 3.05) is 17.7 Å². The second-order valence-corrected chi connectivity index (χ2v) is 5.22. The third-order valence-electron chi connectivity index (χ3n) is 3.50. The first-order valence-corrected chi connectivity index (χ1v) is 6.75. The second-order valence-electron chi connectivity index (χ2n) is 5.22. The van der Waals surface area contributed by atoms with Crippen LogP contribution in [0, 0.1) is 0 Å². The highest BCUT2D eigenvalue weighted by molar-refractivity contribution is 5.58. The van der Waals surface area contributed by atoms with Crippen LogP contribution in [0.4, 0.5) is 11.6 Å². The Morgan fingerprint density at radius 3 is 2.90 bits per heavy atom. The van der Waals surface area contributed by atoms with Crippen LogP contribution in [-0.4, -0.2) is 16.6 Å². The van der Waals surface area contributed by atoms with Crippen LogP contribution < -0.4 is 15.8 Å². The van der Waals surface area contributed by atoms with Gasteiger partial charge < -0.3 is 15.8 Å². The topological polar surface area (TPSA) is 73.1 Å². The molecule has 2 heterocycles. The summed E-state index contributed by atoms with van der Waals surface area (Å²) in [6.45, 7) is 4.76. The zero-order chi connectivity index (χ0) is 14.1. The van der Waals surface area contributed by atoms with E-state index in [1.807, 2.05) is 18.2 Å². The van der Waals surface area contributed by atoms with Crippen molar-refractivity contribution in [2.24, 2.45) is 0 Å². The molecule has 1 aromatic carbocycles. The smallest absolute Gasteiger partial charge is 0.135 e. The summed E-state index contributed by atoms with van der Waals surface area (Å²) in [4.78, 5) is 8.41. The predicted octanol–water partition coefficient (Wildman–Crippen LogP) is 2.73. The van der Waals surface area contributed by atoms with Crippen molar-refractivity contribution < 1.29 is 4.74 Å². The lowest BCUT2D eigenvalue weighted by Crippen LogP contribution is -2.16. The monoisotopic (exact) mass is 270 g/mol.